The summed E-state index contributed by atoms with van der Waals surface area (Å²) < 4.78 is 5.14. The fourth-order valence-electron chi connectivity index (χ4n) is 4.39. The van der Waals surface area contributed by atoms with Gasteiger partial charge in [0.25, 0.3) is 5.91 Å². The summed E-state index contributed by atoms with van der Waals surface area (Å²) in [6, 6.07) is 16.3. The zero-order valence-corrected chi connectivity index (χ0v) is 19.3. The number of methoxy groups -OCH3 is 1. The van der Waals surface area contributed by atoms with Gasteiger partial charge in [-0.1, -0.05) is 61.9 Å². The van der Waals surface area contributed by atoms with E-state index in [-0.39, 0.29) is 23.7 Å². The normalized spacial score (nSPS) is 16.3. The number of piperidine rings is 1. The molecule has 1 saturated heterocycles. The van der Waals surface area contributed by atoms with Gasteiger partial charge in [-0.15, -0.1) is 0 Å². The lowest BCUT2D eigenvalue weighted by Gasteiger charge is -2.41. The van der Waals surface area contributed by atoms with Crippen LogP contribution in [0.25, 0.3) is 0 Å². The van der Waals surface area contributed by atoms with Crippen LogP contribution in [0.2, 0.25) is 0 Å². The van der Waals surface area contributed by atoms with E-state index in [1.54, 1.807) is 11.0 Å². The molecule has 2 aromatic rings. The Labute approximate surface area is 189 Å². The Morgan fingerprint density at radius 1 is 1.00 bits per heavy atom. The van der Waals surface area contributed by atoms with Crippen molar-refractivity contribution in [1.82, 2.24) is 10.2 Å². The van der Waals surface area contributed by atoms with Gasteiger partial charge in [0, 0.05) is 18.7 Å². The molecule has 32 heavy (non-hydrogen) atoms. The van der Waals surface area contributed by atoms with Crippen molar-refractivity contribution in [2.45, 2.75) is 45.1 Å². The molecular formula is C26H32N2O4. The maximum absolute atomic E-state index is 13.4. The van der Waals surface area contributed by atoms with Crippen LogP contribution in [0.1, 0.15) is 48.2 Å². The number of likely N-dealkylation sites (tertiary alicyclic amines) is 1. The van der Waals surface area contributed by atoms with Gasteiger partial charge in [-0.3, -0.25) is 14.4 Å². The first-order valence-corrected chi connectivity index (χ1v) is 11.1. The number of benzene rings is 2. The van der Waals surface area contributed by atoms with E-state index in [9.17, 15) is 14.4 Å². The zero-order valence-electron chi connectivity index (χ0n) is 19.3. The van der Waals surface area contributed by atoms with Gasteiger partial charge in [-0.25, -0.2) is 0 Å². The van der Waals surface area contributed by atoms with E-state index in [0.717, 1.165) is 11.1 Å². The summed E-state index contributed by atoms with van der Waals surface area (Å²) in [5.74, 6) is -0.722. The van der Waals surface area contributed by atoms with Gasteiger partial charge < -0.3 is 15.0 Å². The van der Waals surface area contributed by atoms with Crippen molar-refractivity contribution in [3.8, 4) is 0 Å². The molecule has 6 nitrogen and oxygen atoms in total. The fraction of sp³-hybridized carbons (Fsp3) is 0.423. The molecule has 1 unspecified atom stereocenters. The summed E-state index contributed by atoms with van der Waals surface area (Å²) in [5.41, 5.74) is 1.68. The van der Waals surface area contributed by atoms with Crippen molar-refractivity contribution in [2.24, 2.45) is 5.92 Å². The first-order chi connectivity index (χ1) is 15.3. The predicted molar refractivity (Wildman–Crippen MR) is 123 cm³/mol. The molecule has 0 aliphatic carbocycles. The molecule has 170 valence electrons. The molecule has 6 heteroatoms. The fourth-order valence-corrected chi connectivity index (χ4v) is 4.39. The Morgan fingerprint density at radius 2 is 1.66 bits per heavy atom. The van der Waals surface area contributed by atoms with Crippen molar-refractivity contribution in [2.75, 3.05) is 20.2 Å². The van der Waals surface area contributed by atoms with Crippen molar-refractivity contribution < 1.29 is 19.1 Å². The number of carbonyl (C=O) groups is 3. The summed E-state index contributed by atoms with van der Waals surface area (Å²) >= 11 is 0. The number of ether oxygens (including phenoxy) is 1. The van der Waals surface area contributed by atoms with E-state index in [4.69, 9.17) is 4.74 Å². The van der Waals surface area contributed by atoms with Gasteiger partial charge >= 0.3 is 5.97 Å². The minimum Gasteiger partial charge on any atom is -0.468 e. The third-order valence-electron chi connectivity index (χ3n) is 6.33. The van der Waals surface area contributed by atoms with E-state index >= 15 is 0 Å². The van der Waals surface area contributed by atoms with Crippen LogP contribution < -0.4 is 5.32 Å². The maximum Gasteiger partial charge on any atom is 0.316 e. The van der Waals surface area contributed by atoms with Crippen LogP contribution in [-0.2, 0) is 19.7 Å². The minimum absolute atomic E-state index is 0.0716. The van der Waals surface area contributed by atoms with Gasteiger partial charge in [-0.2, -0.15) is 0 Å². The molecule has 0 aromatic heterocycles. The van der Waals surface area contributed by atoms with Crippen LogP contribution in [0.15, 0.2) is 54.6 Å². The number of hydrogen-bond donors (Lipinski definition) is 1. The van der Waals surface area contributed by atoms with Gasteiger partial charge in [0.05, 0.1) is 12.5 Å². The number of nitrogens with one attached hydrogen (secondary N) is 1. The smallest absolute Gasteiger partial charge is 0.316 e. The van der Waals surface area contributed by atoms with Crippen LogP contribution in [0.4, 0.5) is 0 Å². The molecule has 0 radical (unpaired) electrons. The second kappa shape index (κ2) is 9.98. The molecule has 0 bridgehead atoms. The lowest BCUT2D eigenvalue weighted by atomic mass is 9.72. The Hall–Kier alpha value is -3.15. The number of rotatable bonds is 6. The van der Waals surface area contributed by atoms with Crippen molar-refractivity contribution in [1.29, 1.82) is 0 Å². The Morgan fingerprint density at radius 3 is 2.22 bits per heavy atom. The number of aryl methyl sites for hydroxylation is 1. The highest BCUT2D eigenvalue weighted by atomic mass is 16.5. The molecule has 1 atom stereocenters. The second-order valence-electron chi connectivity index (χ2n) is 8.83. The number of nitrogens with zero attached hydrogens (tertiary/aromatic N) is 1. The van der Waals surface area contributed by atoms with Crippen LogP contribution in [0, 0.1) is 12.8 Å². The molecule has 2 amide bonds. The van der Waals surface area contributed by atoms with Crippen LogP contribution in [0.3, 0.4) is 0 Å². The third-order valence-corrected chi connectivity index (χ3v) is 6.33. The third kappa shape index (κ3) is 4.85. The Kier molecular flexibility index (Phi) is 7.33. The molecule has 2 aromatic carbocycles. The summed E-state index contributed by atoms with van der Waals surface area (Å²) in [4.78, 5) is 40.6. The molecular weight excluding hydrogens is 404 g/mol. The number of hydrogen-bond acceptors (Lipinski definition) is 4. The summed E-state index contributed by atoms with van der Waals surface area (Å²) in [6.07, 6.45) is 0.956. The van der Waals surface area contributed by atoms with Crippen molar-refractivity contribution in [3.63, 3.8) is 0 Å². The lowest BCUT2D eigenvalue weighted by molar-refractivity contribution is -0.152. The highest BCUT2D eigenvalue weighted by Crippen LogP contribution is 2.37. The van der Waals surface area contributed by atoms with E-state index in [1.807, 2.05) is 69.3 Å². The van der Waals surface area contributed by atoms with E-state index < -0.39 is 11.5 Å². The van der Waals surface area contributed by atoms with Crippen LogP contribution in [-0.4, -0.2) is 48.9 Å². The number of amides is 2. The topological polar surface area (TPSA) is 75.7 Å². The summed E-state index contributed by atoms with van der Waals surface area (Å²) in [7, 11) is 1.40. The quantitative estimate of drug-likeness (QED) is 0.704. The van der Waals surface area contributed by atoms with Gasteiger partial charge in [0.1, 0.15) is 6.04 Å². The monoisotopic (exact) mass is 436 g/mol. The SMILES string of the molecule is COC(=O)C1(c2ccccc2)CCN(C(=O)C(NC(=O)c2cccc(C)c2)C(C)C)CC1. The van der Waals surface area contributed by atoms with Gasteiger partial charge in [-0.05, 0) is 43.4 Å². The minimum atomic E-state index is -0.759. The largest absolute Gasteiger partial charge is 0.468 e. The predicted octanol–water partition coefficient (Wildman–Crippen LogP) is 3.48. The first-order valence-electron chi connectivity index (χ1n) is 11.1. The summed E-state index contributed by atoms with van der Waals surface area (Å²) in [5, 5.41) is 2.92. The van der Waals surface area contributed by atoms with Crippen molar-refractivity contribution >= 4 is 17.8 Å². The van der Waals surface area contributed by atoms with Crippen molar-refractivity contribution in [3.05, 3.63) is 71.3 Å². The van der Waals surface area contributed by atoms with Gasteiger partial charge in [0.15, 0.2) is 0 Å². The molecule has 1 fully saturated rings. The van der Waals surface area contributed by atoms with Gasteiger partial charge in [0.2, 0.25) is 5.91 Å². The molecule has 1 N–H and O–H groups in total. The zero-order chi connectivity index (χ0) is 23.3. The Bertz CT molecular complexity index is 963. The summed E-state index contributed by atoms with van der Waals surface area (Å²) in [6.45, 7) is 6.62. The molecule has 0 saturated carbocycles. The molecule has 0 spiro atoms. The van der Waals surface area contributed by atoms with E-state index in [0.29, 0.717) is 31.5 Å². The Balaban J connectivity index is 1.74. The maximum atomic E-state index is 13.4. The lowest BCUT2D eigenvalue weighted by Crippen LogP contribution is -2.56. The number of esters is 1. The average molecular weight is 437 g/mol. The highest BCUT2D eigenvalue weighted by Gasteiger charge is 2.45. The average Bonchev–Trinajstić information content (AvgIpc) is 2.81. The second-order valence-corrected chi connectivity index (χ2v) is 8.83. The number of carbonyl (C=O) groups excluding carboxylic acids is 3. The standard InChI is InChI=1S/C26H32N2O4/c1-18(2)22(27-23(29)20-10-8-9-19(3)17-20)24(30)28-15-13-26(14-16-28,25(31)32-4)21-11-6-5-7-12-21/h5-12,17-18,22H,13-16H2,1-4H3,(H,27,29). The first kappa shape index (κ1) is 23.5. The molecule has 3 rings (SSSR count). The van der Waals surface area contributed by atoms with Crippen LogP contribution >= 0.6 is 0 Å². The molecule has 1 aliphatic rings. The molecule has 1 aliphatic heterocycles. The van der Waals surface area contributed by atoms with E-state index in [2.05, 4.69) is 5.32 Å². The highest BCUT2D eigenvalue weighted by molar-refractivity contribution is 5.97. The van der Waals surface area contributed by atoms with Crippen LogP contribution in [0.5, 0.6) is 0 Å². The van der Waals surface area contributed by atoms with E-state index in [1.165, 1.54) is 7.11 Å². The molecule has 1 heterocycles.